The van der Waals surface area contributed by atoms with E-state index in [1.807, 2.05) is 64.7 Å². The quantitative estimate of drug-likeness (QED) is 0.624. The summed E-state index contributed by atoms with van der Waals surface area (Å²) in [5, 5.41) is 12.5. The Kier molecular flexibility index (Phi) is 3.72. The van der Waals surface area contributed by atoms with Crippen molar-refractivity contribution in [3.63, 3.8) is 0 Å². The predicted molar refractivity (Wildman–Crippen MR) is 96.2 cm³/mol. The molecule has 25 heavy (non-hydrogen) atoms. The second kappa shape index (κ2) is 6.05. The van der Waals surface area contributed by atoms with Crippen LogP contribution in [0.4, 0.5) is 0 Å². The highest BCUT2D eigenvalue weighted by Gasteiger charge is 2.16. The number of rotatable bonds is 4. The molecular formula is C19H19N5O. The summed E-state index contributed by atoms with van der Waals surface area (Å²) in [4.78, 5) is 12.5. The zero-order valence-corrected chi connectivity index (χ0v) is 14.2. The van der Waals surface area contributed by atoms with Crippen LogP contribution in [0.25, 0.3) is 16.6 Å². The Morgan fingerprint density at radius 1 is 1.12 bits per heavy atom. The van der Waals surface area contributed by atoms with Crippen molar-refractivity contribution >= 4 is 22.5 Å². The fourth-order valence-electron chi connectivity index (χ4n) is 3.18. The Labute approximate surface area is 145 Å². The predicted octanol–water partition coefficient (Wildman–Crippen LogP) is 2.87. The van der Waals surface area contributed by atoms with E-state index >= 15 is 0 Å². The Balaban J connectivity index is 1.52. The van der Waals surface area contributed by atoms with Crippen molar-refractivity contribution in [2.45, 2.75) is 26.4 Å². The number of fused-ring (bicyclic) bond motifs is 2. The minimum atomic E-state index is -0.228. The number of carbonyl (C=O) groups excluding carboxylic acids is 1. The van der Waals surface area contributed by atoms with Gasteiger partial charge in [0.05, 0.1) is 6.04 Å². The van der Waals surface area contributed by atoms with E-state index in [4.69, 9.17) is 0 Å². The van der Waals surface area contributed by atoms with E-state index in [-0.39, 0.29) is 18.5 Å². The minimum Gasteiger partial charge on any atom is -0.345 e. The van der Waals surface area contributed by atoms with Crippen molar-refractivity contribution in [1.82, 2.24) is 24.5 Å². The van der Waals surface area contributed by atoms with E-state index in [2.05, 4.69) is 28.5 Å². The summed E-state index contributed by atoms with van der Waals surface area (Å²) in [6, 6.07) is 13.7. The van der Waals surface area contributed by atoms with Gasteiger partial charge in [0.15, 0.2) is 11.5 Å². The first-order valence-corrected chi connectivity index (χ1v) is 8.27. The number of hydrogen-bond donors (Lipinski definition) is 1. The fourth-order valence-corrected chi connectivity index (χ4v) is 3.18. The standard InChI is InChI=1S/C19H19N5O/c1-13-6-5-7-16-15(13)9-11-23(16)12-18(25)20-14(2)19-22-21-17-8-3-4-10-24(17)19/h3-11,14H,12H2,1-2H3,(H,20,25)/t14-/m0/s1. The number of pyridine rings is 1. The van der Waals surface area contributed by atoms with Gasteiger partial charge in [0.25, 0.3) is 0 Å². The molecule has 3 aromatic heterocycles. The van der Waals surface area contributed by atoms with E-state index < -0.39 is 0 Å². The van der Waals surface area contributed by atoms with Crippen LogP contribution in [0.3, 0.4) is 0 Å². The van der Waals surface area contributed by atoms with Gasteiger partial charge in [-0.2, -0.15) is 0 Å². The van der Waals surface area contributed by atoms with Gasteiger partial charge in [-0.1, -0.05) is 18.2 Å². The Bertz CT molecular complexity index is 1060. The van der Waals surface area contributed by atoms with E-state index in [0.29, 0.717) is 0 Å². The molecule has 0 aliphatic rings. The maximum absolute atomic E-state index is 12.5. The smallest absolute Gasteiger partial charge is 0.240 e. The van der Waals surface area contributed by atoms with Crippen LogP contribution in [0.1, 0.15) is 24.4 Å². The molecule has 4 aromatic rings. The summed E-state index contributed by atoms with van der Waals surface area (Å²) in [6.07, 6.45) is 3.85. The molecule has 0 aliphatic carbocycles. The normalized spacial score (nSPS) is 12.6. The number of aryl methyl sites for hydroxylation is 1. The van der Waals surface area contributed by atoms with Crippen molar-refractivity contribution in [2.75, 3.05) is 0 Å². The fraction of sp³-hybridized carbons (Fsp3) is 0.211. The topological polar surface area (TPSA) is 64.2 Å². The number of nitrogens with one attached hydrogen (secondary N) is 1. The number of nitrogens with zero attached hydrogens (tertiary/aromatic N) is 4. The second-order valence-corrected chi connectivity index (χ2v) is 6.23. The third-order valence-corrected chi connectivity index (χ3v) is 4.45. The number of carbonyl (C=O) groups is 1. The van der Waals surface area contributed by atoms with E-state index in [1.54, 1.807) is 0 Å². The van der Waals surface area contributed by atoms with Crippen LogP contribution in [0.5, 0.6) is 0 Å². The summed E-state index contributed by atoms with van der Waals surface area (Å²) in [6.45, 7) is 4.26. The molecule has 6 nitrogen and oxygen atoms in total. The van der Waals surface area contributed by atoms with Crippen molar-refractivity contribution in [3.05, 3.63) is 66.2 Å². The molecule has 0 bridgehead atoms. The molecular weight excluding hydrogens is 314 g/mol. The molecule has 3 heterocycles. The van der Waals surface area contributed by atoms with Crippen molar-refractivity contribution < 1.29 is 4.79 Å². The average Bonchev–Trinajstić information content (AvgIpc) is 3.20. The zero-order chi connectivity index (χ0) is 17.4. The van der Waals surface area contributed by atoms with Crippen LogP contribution in [-0.4, -0.2) is 25.1 Å². The summed E-state index contributed by atoms with van der Waals surface area (Å²) >= 11 is 0. The van der Waals surface area contributed by atoms with Gasteiger partial charge in [0.2, 0.25) is 5.91 Å². The summed E-state index contributed by atoms with van der Waals surface area (Å²) in [5.74, 6) is 0.663. The van der Waals surface area contributed by atoms with Crippen molar-refractivity contribution in [2.24, 2.45) is 0 Å². The van der Waals surface area contributed by atoms with Gasteiger partial charge in [-0.15, -0.1) is 10.2 Å². The van der Waals surface area contributed by atoms with Crippen LogP contribution < -0.4 is 5.32 Å². The molecule has 1 N–H and O–H groups in total. The van der Waals surface area contributed by atoms with Gasteiger partial charge in [-0.25, -0.2) is 0 Å². The highest BCUT2D eigenvalue weighted by molar-refractivity contribution is 5.85. The number of benzene rings is 1. The first-order valence-electron chi connectivity index (χ1n) is 8.27. The summed E-state index contributed by atoms with van der Waals surface area (Å²) < 4.78 is 3.85. The lowest BCUT2D eigenvalue weighted by atomic mass is 10.1. The molecule has 1 aromatic carbocycles. The van der Waals surface area contributed by atoms with Crippen LogP contribution in [0.2, 0.25) is 0 Å². The molecule has 0 fully saturated rings. The van der Waals surface area contributed by atoms with Gasteiger partial charge < -0.3 is 9.88 Å². The molecule has 0 unspecified atom stereocenters. The lowest BCUT2D eigenvalue weighted by Gasteiger charge is -2.13. The first-order chi connectivity index (χ1) is 12.1. The zero-order valence-electron chi connectivity index (χ0n) is 14.2. The molecule has 6 heteroatoms. The molecule has 4 rings (SSSR count). The number of aromatic nitrogens is 4. The first kappa shape index (κ1) is 15.4. The third kappa shape index (κ3) is 2.76. The van der Waals surface area contributed by atoms with Crippen LogP contribution in [0, 0.1) is 6.92 Å². The largest absolute Gasteiger partial charge is 0.345 e. The molecule has 1 atom stereocenters. The number of hydrogen-bond acceptors (Lipinski definition) is 3. The second-order valence-electron chi connectivity index (χ2n) is 6.23. The minimum absolute atomic E-state index is 0.0563. The Morgan fingerprint density at radius 3 is 2.88 bits per heavy atom. The monoisotopic (exact) mass is 333 g/mol. The molecule has 0 spiro atoms. The number of amides is 1. The average molecular weight is 333 g/mol. The van der Waals surface area contributed by atoms with Gasteiger partial charge in [0, 0.05) is 23.3 Å². The van der Waals surface area contributed by atoms with Gasteiger partial charge >= 0.3 is 0 Å². The SMILES string of the molecule is Cc1cccc2c1ccn2CC(=O)N[C@@H](C)c1nnc2ccccn12. The lowest BCUT2D eigenvalue weighted by molar-refractivity contribution is -0.122. The highest BCUT2D eigenvalue weighted by Crippen LogP contribution is 2.19. The molecule has 0 aliphatic heterocycles. The molecule has 0 saturated heterocycles. The summed E-state index contributed by atoms with van der Waals surface area (Å²) in [5.41, 5.74) is 3.04. The van der Waals surface area contributed by atoms with Crippen molar-refractivity contribution in [3.8, 4) is 0 Å². The maximum Gasteiger partial charge on any atom is 0.240 e. The van der Waals surface area contributed by atoms with Crippen molar-refractivity contribution in [1.29, 1.82) is 0 Å². The van der Waals surface area contributed by atoms with E-state index in [9.17, 15) is 4.79 Å². The van der Waals surface area contributed by atoms with Crippen LogP contribution in [-0.2, 0) is 11.3 Å². The maximum atomic E-state index is 12.5. The molecule has 0 radical (unpaired) electrons. The molecule has 126 valence electrons. The highest BCUT2D eigenvalue weighted by atomic mass is 16.2. The molecule has 1 amide bonds. The van der Waals surface area contributed by atoms with Crippen LogP contribution >= 0.6 is 0 Å². The summed E-state index contributed by atoms with van der Waals surface area (Å²) in [7, 11) is 0. The van der Waals surface area contributed by atoms with Gasteiger partial charge in [-0.05, 0) is 43.7 Å². The lowest BCUT2D eigenvalue weighted by Crippen LogP contribution is -2.31. The van der Waals surface area contributed by atoms with Crippen LogP contribution in [0.15, 0.2) is 54.9 Å². The Morgan fingerprint density at radius 2 is 2.00 bits per heavy atom. The van der Waals surface area contributed by atoms with Gasteiger partial charge in [-0.3, -0.25) is 9.20 Å². The van der Waals surface area contributed by atoms with E-state index in [0.717, 1.165) is 17.0 Å². The van der Waals surface area contributed by atoms with Gasteiger partial charge in [0.1, 0.15) is 6.54 Å². The molecule has 0 saturated carbocycles. The Hall–Kier alpha value is -3.15. The van der Waals surface area contributed by atoms with E-state index in [1.165, 1.54) is 10.9 Å². The third-order valence-electron chi connectivity index (χ3n) is 4.45.